The molecule has 0 aromatic heterocycles. The Morgan fingerprint density at radius 1 is 1.44 bits per heavy atom. The number of benzene rings is 1. The van der Waals surface area contributed by atoms with E-state index in [1.165, 1.54) is 18.2 Å². The Morgan fingerprint density at radius 2 is 2.19 bits per heavy atom. The molecule has 84 valence electrons. The summed E-state index contributed by atoms with van der Waals surface area (Å²) in [5, 5.41) is 2.81. The summed E-state index contributed by atoms with van der Waals surface area (Å²) in [7, 11) is 1.38. The molecule has 3 nitrogen and oxygen atoms in total. The van der Waals surface area contributed by atoms with E-state index in [9.17, 15) is 4.79 Å². The minimum absolute atomic E-state index is 0.146. The third kappa shape index (κ3) is 2.42. The summed E-state index contributed by atoms with van der Waals surface area (Å²) >= 11 is 0. The van der Waals surface area contributed by atoms with E-state index in [1.807, 2.05) is 18.2 Å². The first-order chi connectivity index (χ1) is 7.79. The van der Waals surface area contributed by atoms with Crippen LogP contribution in [-0.4, -0.2) is 19.2 Å². The minimum Gasteiger partial charge on any atom is -0.453 e. The number of rotatable bonds is 2. The van der Waals surface area contributed by atoms with Crippen LogP contribution in [0.15, 0.2) is 35.9 Å². The van der Waals surface area contributed by atoms with Crippen LogP contribution in [0.1, 0.15) is 18.4 Å². The van der Waals surface area contributed by atoms with Crippen molar-refractivity contribution >= 4 is 12.2 Å². The first-order valence-corrected chi connectivity index (χ1v) is 5.39. The number of amides is 1. The van der Waals surface area contributed by atoms with Crippen molar-refractivity contribution in [2.75, 3.05) is 7.11 Å². The van der Waals surface area contributed by atoms with Crippen molar-refractivity contribution in [1.82, 2.24) is 5.32 Å². The maximum absolute atomic E-state index is 11.1. The standard InChI is InChI=1S/C13H15NO2/c1-16-13(15)14-12-8-7-11(12)9-10-5-3-2-4-6-10/h2-6,9,12H,7-8H2,1H3,(H,14,15)/b11-9-. The molecule has 0 heterocycles. The molecule has 3 heteroatoms. The Bertz CT molecular complexity index is 398. The summed E-state index contributed by atoms with van der Waals surface area (Å²) < 4.78 is 4.58. The van der Waals surface area contributed by atoms with Crippen molar-refractivity contribution in [1.29, 1.82) is 0 Å². The normalized spacial score (nSPS) is 21.3. The van der Waals surface area contributed by atoms with Gasteiger partial charge in [-0.3, -0.25) is 0 Å². The van der Waals surface area contributed by atoms with Gasteiger partial charge in [-0.2, -0.15) is 0 Å². The Kier molecular flexibility index (Phi) is 3.25. The summed E-state index contributed by atoms with van der Waals surface area (Å²) in [6.45, 7) is 0. The van der Waals surface area contributed by atoms with Gasteiger partial charge in [0.25, 0.3) is 0 Å². The predicted molar refractivity (Wildman–Crippen MR) is 63.0 cm³/mol. The van der Waals surface area contributed by atoms with Crippen molar-refractivity contribution in [3.63, 3.8) is 0 Å². The molecule has 1 N–H and O–H groups in total. The number of nitrogens with one attached hydrogen (secondary N) is 1. The summed E-state index contributed by atoms with van der Waals surface area (Å²) in [6, 6.07) is 10.3. The van der Waals surface area contributed by atoms with Crippen LogP contribution < -0.4 is 5.32 Å². The number of carbonyl (C=O) groups is 1. The molecule has 2 rings (SSSR count). The van der Waals surface area contributed by atoms with Crippen LogP contribution >= 0.6 is 0 Å². The van der Waals surface area contributed by atoms with Crippen molar-refractivity contribution < 1.29 is 9.53 Å². The van der Waals surface area contributed by atoms with Crippen LogP contribution in [0.4, 0.5) is 4.79 Å². The molecule has 0 aliphatic heterocycles. The SMILES string of the molecule is COC(=O)NC1CC/C1=C/c1ccccc1. The van der Waals surface area contributed by atoms with E-state index in [-0.39, 0.29) is 12.1 Å². The Labute approximate surface area is 95.1 Å². The second kappa shape index (κ2) is 4.84. The van der Waals surface area contributed by atoms with Gasteiger partial charge in [0, 0.05) is 0 Å². The smallest absolute Gasteiger partial charge is 0.407 e. The van der Waals surface area contributed by atoms with E-state index in [4.69, 9.17) is 0 Å². The molecule has 1 saturated carbocycles. The number of carbonyl (C=O) groups excluding carboxylic acids is 1. The first-order valence-electron chi connectivity index (χ1n) is 5.39. The number of alkyl carbamates (subject to hydrolysis) is 1. The lowest BCUT2D eigenvalue weighted by molar-refractivity contribution is 0.165. The molecule has 1 aromatic rings. The monoisotopic (exact) mass is 217 g/mol. The summed E-state index contributed by atoms with van der Waals surface area (Å²) in [4.78, 5) is 11.1. The topological polar surface area (TPSA) is 38.3 Å². The van der Waals surface area contributed by atoms with E-state index in [0.717, 1.165) is 12.8 Å². The molecule has 0 spiro atoms. The molecular formula is C13H15NO2. The van der Waals surface area contributed by atoms with Gasteiger partial charge >= 0.3 is 6.09 Å². The molecule has 1 unspecified atom stereocenters. The summed E-state index contributed by atoms with van der Waals surface area (Å²) in [6.07, 6.45) is 3.81. The molecule has 16 heavy (non-hydrogen) atoms. The zero-order valence-corrected chi connectivity index (χ0v) is 9.27. The Morgan fingerprint density at radius 3 is 2.75 bits per heavy atom. The van der Waals surface area contributed by atoms with Gasteiger partial charge in [-0.15, -0.1) is 0 Å². The molecule has 1 aliphatic rings. The lowest BCUT2D eigenvalue weighted by Gasteiger charge is -2.30. The van der Waals surface area contributed by atoms with Gasteiger partial charge in [0.2, 0.25) is 0 Å². The summed E-state index contributed by atoms with van der Waals surface area (Å²) in [5.74, 6) is 0. The van der Waals surface area contributed by atoms with Crippen LogP contribution in [0.2, 0.25) is 0 Å². The molecule has 1 amide bonds. The van der Waals surface area contributed by atoms with Crippen LogP contribution in [-0.2, 0) is 4.74 Å². The highest BCUT2D eigenvalue weighted by Gasteiger charge is 2.25. The first kappa shape index (κ1) is 10.7. The molecule has 1 aliphatic carbocycles. The second-order valence-corrected chi connectivity index (χ2v) is 3.86. The van der Waals surface area contributed by atoms with Crippen LogP contribution in [0.25, 0.3) is 6.08 Å². The van der Waals surface area contributed by atoms with Gasteiger partial charge in [-0.25, -0.2) is 4.79 Å². The van der Waals surface area contributed by atoms with E-state index in [2.05, 4.69) is 28.3 Å². The predicted octanol–water partition coefficient (Wildman–Crippen LogP) is 2.59. The molecular weight excluding hydrogens is 202 g/mol. The van der Waals surface area contributed by atoms with Crippen molar-refractivity contribution in [2.24, 2.45) is 0 Å². The van der Waals surface area contributed by atoms with Crippen LogP contribution in [0.3, 0.4) is 0 Å². The molecule has 0 bridgehead atoms. The maximum Gasteiger partial charge on any atom is 0.407 e. The van der Waals surface area contributed by atoms with Gasteiger partial charge in [0.1, 0.15) is 0 Å². The minimum atomic E-state index is -0.358. The quantitative estimate of drug-likeness (QED) is 0.826. The van der Waals surface area contributed by atoms with Gasteiger partial charge in [-0.05, 0) is 24.0 Å². The second-order valence-electron chi connectivity index (χ2n) is 3.86. The van der Waals surface area contributed by atoms with Gasteiger partial charge in [-0.1, -0.05) is 36.4 Å². The lowest BCUT2D eigenvalue weighted by atomic mass is 9.85. The van der Waals surface area contributed by atoms with Gasteiger partial charge in [0.05, 0.1) is 13.2 Å². The number of hydrogen-bond donors (Lipinski definition) is 1. The highest BCUT2D eigenvalue weighted by atomic mass is 16.5. The number of hydrogen-bond acceptors (Lipinski definition) is 2. The van der Waals surface area contributed by atoms with E-state index >= 15 is 0 Å². The summed E-state index contributed by atoms with van der Waals surface area (Å²) in [5.41, 5.74) is 2.44. The average Bonchev–Trinajstić information content (AvgIpc) is 2.32. The van der Waals surface area contributed by atoms with E-state index < -0.39 is 0 Å². The van der Waals surface area contributed by atoms with Crippen molar-refractivity contribution in [3.8, 4) is 0 Å². The molecule has 1 aromatic carbocycles. The zero-order chi connectivity index (χ0) is 11.4. The van der Waals surface area contributed by atoms with Gasteiger partial charge < -0.3 is 10.1 Å². The Hall–Kier alpha value is -1.77. The van der Waals surface area contributed by atoms with Crippen LogP contribution in [0, 0.1) is 0 Å². The zero-order valence-electron chi connectivity index (χ0n) is 9.27. The van der Waals surface area contributed by atoms with Crippen molar-refractivity contribution in [3.05, 3.63) is 41.5 Å². The Balaban J connectivity index is 2.01. The third-order valence-electron chi connectivity index (χ3n) is 2.80. The molecule has 1 atom stereocenters. The maximum atomic E-state index is 11.1. The van der Waals surface area contributed by atoms with Crippen LogP contribution in [0.5, 0.6) is 0 Å². The highest BCUT2D eigenvalue weighted by Crippen LogP contribution is 2.28. The lowest BCUT2D eigenvalue weighted by Crippen LogP contribution is -2.41. The molecule has 1 fully saturated rings. The van der Waals surface area contributed by atoms with Crippen molar-refractivity contribution in [2.45, 2.75) is 18.9 Å². The fraction of sp³-hybridized carbons (Fsp3) is 0.308. The fourth-order valence-electron chi connectivity index (χ4n) is 1.76. The third-order valence-corrected chi connectivity index (χ3v) is 2.80. The van der Waals surface area contributed by atoms with E-state index in [0.29, 0.717) is 0 Å². The molecule has 0 radical (unpaired) electrons. The average molecular weight is 217 g/mol. The molecule has 0 saturated heterocycles. The number of ether oxygens (including phenoxy) is 1. The number of methoxy groups -OCH3 is 1. The van der Waals surface area contributed by atoms with E-state index in [1.54, 1.807) is 0 Å². The van der Waals surface area contributed by atoms with Gasteiger partial charge in [0.15, 0.2) is 0 Å². The largest absolute Gasteiger partial charge is 0.453 e. The highest BCUT2D eigenvalue weighted by molar-refractivity contribution is 5.69. The fourth-order valence-corrected chi connectivity index (χ4v) is 1.76.